The zero-order valence-electron chi connectivity index (χ0n) is 38.3. The third-order valence-corrected chi connectivity index (χ3v) is 11.1. The lowest BCUT2D eigenvalue weighted by molar-refractivity contribution is -0.143. The van der Waals surface area contributed by atoms with E-state index < -0.39 is 12.1 Å². The van der Waals surface area contributed by atoms with Crippen molar-refractivity contribution < 1.29 is 24.5 Å². The van der Waals surface area contributed by atoms with Crippen molar-refractivity contribution >= 4 is 11.9 Å². The van der Waals surface area contributed by atoms with Gasteiger partial charge in [-0.1, -0.05) is 197 Å². The van der Waals surface area contributed by atoms with Gasteiger partial charge in [-0.15, -0.1) is 0 Å². The summed E-state index contributed by atoms with van der Waals surface area (Å²) >= 11 is 0. The number of hydrogen-bond acceptors (Lipinski definition) is 5. The Morgan fingerprint density at radius 3 is 1.38 bits per heavy atom. The molecule has 2 atom stereocenters. The van der Waals surface area contributed by atoms with Crippen LogP contribution in [0.25, 0.3) is 0 Å². The van der Waals surface area contributed by atoms with E-state index in [1.807, 2.05) is 6.08 Å². The van der Waals surface area contributed by atoms with E-state index in [1.165, 1.54) is 141 Å². The number of ether oxygens (including phenoxy) is 1. The van der Waals surface area contributed by atoms with Gasteiger partial charge in [-0.2, -0.15) is 0 Å². The molecule has 58 heavy (non-hydrogen) atoms. The van der Waals surface area contributed by atoms with Crippen molar-refractivity contribution in [3.63, 3.8) is 0 Å². The second-order valence-corrected chi connectivity index (χ2v) is 16.8. The number of allylic oxidation sites excluding steroid dienone is 7. The number of amides is 1. The van der Waals surface area contributed by atoms with Crippen LogP contribution in [0, 0.1) is 0 Å². The fourth-order valence-corrected chi connectivity index (χ4v) is 7.19. The molecule has 0 fully saturated rings. The van der Waals surface area contributed by atoms with Crippen molar-refractivity contribution in [2.24, 2.45) is 0 Å². The molecule has 0 aromatic carbocycles. The van der Waals surface area contributed by atoms with Crippen LogP contribution in [0.1, 0.15) is 245 Å². The van der Waals surface area contributed by atoms with Crippen LogP contribution in [0.5, 0.6) is 0 Å². The van der Waals surface area contributed by atoms with Crippen LogP contribution in [-0.2, 0) is 14.3 Å². The first-order valence-corrected chi connectivity index (χ1v) is 24.9. The highest BCUT2D eigenvalue weighted by Crippen LogP contribution is 2.14. The summed E-state index contributed by atoms with van der Waals surface area (Å²) < 4.78 is 5.42. The van der Waals surface area contributed by atoms with Gasteiger partial charge in [-0.05, 0) is 83.5 Å². The molecule has 0 aliphatic carbocycles. The van der Waals surface area contributed by atoms with Gasteiger partial charge in [0.15, 0.2) is 0 Å². The van der Waals surface area contributed by atoms with Gasteiger partial charge >= 0.3 is 5.97 Å². The number of nitrogens with one attached hydrogen (secondary N) is 1. The topological polar surface area (TPSA) is 95.9 Å². The molecule has 0 aliphatic heterocycles. The van der Waals surface area contributed by atoms with Crippen LogP contribution < -0.4 is 5.32 Å². The lowest BCUT2D eigenvalue weighted by Gasteiger charge is -2.20. The van der Waals surface area contributed by atoms with Crippen molar-refractivity contribution in [3.05, 3.63) is 48.6 Å². The molecule has 3 N–H and O–H groups in total. The summed E-state index contributed by atoms with van der Waals surface area (Å²) in [5.41, 5.74) is 0. The molecular weight excluding hydrogens is 719 g/mol. The van der Waals surface area contributed by atoms with Gasteiger partial charge in [0.1, 0.15) is 0 Å². The molecular formula is C52H95NO5. The zero-order valence-corrected chi connectivity index (χ0v) is 38.3. The Labute approximate surface area is 359 Å². The lowest BCUT2D eigenvalue weighted by Crippen LogP contribution is -2.45. The minimum atomic E-state index is -0.850. The summed E-state index contributed by atoms with van der Waals surface area (Å²) in [7, 11) is 0. The molecule has 2 unspecified atom stereocenters. The van der Waals surface area contributed by atoms with E-state index in [0.717, 1.165) is 77.0 Å². The number of aliphatic hydroxyl groups is 2. The molecule has 1 amide bonds. The van der Waals surface area contributed by atoms with E-state index in [2.05, 4.69) is 55.6 Å². The van der Waals surface area contributed by atoms with Gasteiger partial charge in [0.25, 0.3) is 0 Å². The highest BCUT2D eigenvalue weighted by Gasteiger charge is 2.18. The van der Waals surface area contributed by atoms with E-state index in [-0.39, 0.29) is 18.5 Å². The van der Waals surface area contributed by atoms with Gasteiger partial charge in [0.2, 0.25) is 5.91 Å². The molecule has 0 rings (SSSR count). The largest absolute Gasteiger partial charge is 0.466 e. The molecule has 0 heterocycles. The second kappa shape index (κ2) is 47.5. The first-order valence-electron chi connectivity index (χ1n) is 24.9. The number of carbonyl (C=O) groups excluding carboxylic acids is 2. The highest BCUT2D eigenvalue weighted by atomic mass is 16.5. The number of unbranched alkanes of at least 4 members (excludes halogenated alkanes) is 29. The average Bonchev–Trinajstić information content (AvgIpc) is 3.22. The molecule has 6 heteroatoms. The maximum atomic E-state index is 12.4. The molecule has 338 valence electrons. The van der Waals surface area contributed by atoms with E-state index in [9.17, 15) is 19.8 Å². The molecule has 0 spiro atoms. The van der Waals surface area contributed by atoms with Gasteiger partial charge in [-0.3, -0.25) is 9.59 Å². The van der Waals surface area contributed by atoms with Gasteiger partial charge < -0.3 is 20.3 Å². The predicted octanol–water partition coefficient (Wildman–Crippen LogP) is 14.7. The molecule has 0 radical (unpaired) electrons. The number of aliphatic hydroxyl groups excluding tert-OH is 2. The summed E-state index contributed by atoms with van der Waals surface area (Å²) in [5.74, 6) is -0.107. The predicted molar refractivity (Wildman–Crippen MR) is 250 cm³/mol. The fraction of sp³-hybridized carbons (Fsp3) is 0.808. The number of hydrogen-bond donors (Lipinski definition) is 3. The van der Waals surface area contributed by atoms with Gasteiger partial charge in [0, 0.05) is 12.8 Å². The molecule has 0 saturated heterocycles. The van der Waals surface area contributed by atoms with E-state index in [4.69, 9.17) is 4.74 Å². The Morgan fingerprint density at radius 2 is 0.879 bits per heavy atom. The monoisotopic (exact) mass is 814 g/mol. The summed E-state index contributed by atoms with van der Waals surface area (Å²) in [4.78, 5) is 24.3. The van der Waals surface area contributed by atoms with Crippen LogP contribution in [-0.4, -0.2) is 47.4 Å². The Balaban J connectivity index is 3.52. The minimum absolute atomic E-state index is 0.0265. The molecule has 6 nitrogen and oxygen atoms in total. The maximum Gasteiger partial charge on any atom is 0.305 e. The second-order valence-electron chi connectivity index (χ2n) is 16.8. The van der Waals surface area contributed by atoms with E-state index >= 15 is 0 Å². The SMILES string of the molecule is CCCC/C=C\CCCCCCCC(=O)OCCCCC/C=C\C=C/CCCCCCCCCCCCC(=O)NC(CO)C(O)/C=C/CCCCCCCCCCC. The van der Waals surface area contributed by atoms with Crippen LogP contribution in [0.3, 0.4) is 0 Å². The van der Waals surface area contributed by atoms with E-state index in [0.29, 0.717) is 19.4 Å². The van der Waals surface area contributed by atoms with Crippen LogP contribution in [0.4, 0.5) is 0 Å². The Kier molecular flexibility index (Phi) is 45.7. The van der Waals surface area contributed by atoms with Crippen molar-refractivity contribution in [3.8, 4) is 0 Å². The van der Waals surface area contributed by atoms with Crippen molar-refractivity contribution in [1.29, 1.82) is 0 Å². The summed E-state index contributed by atoms with van der Waals surface area (Å²) in [6, 6.07) is -0.634. The zero-order chi connectivity index (χ0) is 42.3. The lowest BCUT2D eigenvalue weighted by atomic mass is 10.0. The van der Waals surface area contributed by atoms with E-state index in [1.54, 1.807) is 6.08 Å². The Hall–Kier alpha value is -2.18. The summed E-state index contributed by atoms with van der Waals surface area (Å²) in [6.45, 7) is 4.79. The quantitative estimate of drug-likeness (QED) is 0.0246. The van der Waals surface area contributed by atoms with Crippen LogP contribution in [0.15, 0.2) is 48.6 Å². The van der Waals surface area contributed by atoms with Gasteiger partial charge in [-0.25, -0.2) is 0 Å². The first-order chi connectivity index (χ1) is 28.5. The van der Waals surface area contributed by atoms with Crippen molar-refractivity contribution in [2.75, 3.05) is 13.2 Å². The number of carbonyl (C=O) groups is 2. The molecule has 0 aromatic rings. The molecule has 0 saturated carbocycles. The Morgan fingerprint density at radius 1 is 0.483 bits per heavy atom. The summed E-state index contributed by atoms with van der Waals surface area (Å²) in [6.07, 6.45) is 58.3. The van der Waals surface area contributed by atoms with Crippen LogP contribution >= 0.6 is 0 Å². The molecule has 0 bridgehead atoms. The third-order valence-electron chi connectivity index (χ3n) is 11.1. The molecule has 0 aromatic heterocycles. The number of rotatable bonds is 45. The van der Waals surface area contributed by atoms with Crippen molar-refractivity contribution in [2.45, 2.75) is 257 Å². The maximum absolute atomic E-state index is 12.4. The standard InChI is InChI=1S/C52H95NO5/c1-3-5-7-9-11-13-24-28-32-36-40-44-50(55)49(48-54)53-51(56)45-41-37-33-29-26-22-20-18-16-15-17-19-21-23-27-31-35-39-43-47-58-52(57)46-42-38-34-30-25-14-12-10-8-6-4-2/h10,12,19,21,23,27,40,44,49-50,54-55H,3-9,11,13-18,20,22,24-26,28-39,41-43,45-48H2,1-2H3,(H,53,56)/b12-10-,21-19-,27-23-,44-40+. The Bertz CT molecular complexity index is 988. The third kappa shape index (κ3) is 43.4. The van der Waals surface area contributed by atoms with Gasteiger partial charge in [0.05, 0.1) is 25.4 Å². The summed E-state index contributed by atoms with van der Waals surface area (Å²) in [5, 5.41) is 22.9. The minimum Gasteiger partial charge on any atom is -0.466 e. The molecule has 0 aliphatic rings. The normalized spacial score (nSPS) is 13.1. The smallest absolute Gasteiger partial charge is 0.305 e. The van der Waals surface area contributed by atoms with Crippen molar-refractivity contribution in [1.82, 2.24) is 5.32 Å². The van der Waals surface area contributed by atoms with Crippen LogP contribution in [0.2, 0.25) is 0 Å². The number of esters is 1. The first kappa shape index (κ1) is 55.8. The average molecular weight is 814 g/mol. The fourth-order valence-electron chi connectivity index (χ4n) is 7.19. The highest BCUT2D eigenvalue weighted by molar-refractivity contribution is 5.76.